The molecule has 1 amide bonds. The van der Waals surface area contributed by atoms with Crippen molar-refractivity contribution in [2.75, 3.05) is 5.32 Å². The molecule has 132 valence electrons. The molecule has 26 heavy (non-hydrogen) atoms. The number of rotatable bonds is 3. The van der Waals surface area contributed by atoms with Crippen molar-refractivity contribution in [3.8, 4) is 0 Å². The highest BCUT2D eigenvalue weighted by atomic mass is 35.5. The van der Waals surface area contributed by atoms with Crippen LogP contribution in [0.2, 0.25) is 5.02 Å². The Hall–Kier alpha value is -2.66. The highest BCUT2D eigenvalue weighted by Gasteiger charge is 2.27. The Morgan fingerprint density at radius 3 is 2.73 bits per heavy atom. The number of hydrogen-bond acceptors (Lipinski definition) is 2. The van der Waals surface area contributed by atoms with Crippen LogP contribution in [0.1, 0.15) is 34.8 Å². The van der Waals surface area contributed by atoms with Crippen LogP contribution in [-0.2, 0) is 0 Å². The minimum absolute atomic E-state index is 0.00683. The number of anilines is 1. The molecule has 1 N–H and O–H groups in total. The number of amides is 1. The summed E-state index contributed by atoms with van der Waals surface area (Å²) in [5.74, 6) is -1.18. The predicted octanol–water partition coefficient (Wildman–Crippen LogP) is 4.69. The Bertz CT molecular complexity index is 1100. The van der Waals surface area contributed by atoms with E-state index >= 15 is 0 Å². The van der Waals surface area contributed by atoms with Crippen molar-refractivity contribution in [2.24, 2.45) is 0 Å². The summed E-state index contributed by atoms with van der Waals surface area (Å²) in [5, 5.41) is 2.87. The molecule has 0 bridgehead atoms. The van der Waals surface area contributed by atoms with Crippen LogP contribution in [0.4, 0.5) is 10.1 Å². The van der Waals surface area contributed by atoms with Gasteiger partial charge in [0.25, 0.3) is 5.91 Å². The third-order valence-electron chi connectivity index (χ3n) is 4.54. The minimum Gasteiger partial charge on any atom is -0.343 e. The number of fused-ring (bicyclic) bond motifs is 1. The van der Waals surface area contributed by atoms with Crippen molar-refractivity contribution in [3.05, 3.63) is 74.8 Å². The third-order valence-corrected chi connectivity index (χ3v) is 4.82. The molecule has 6 heteroatoms. The SMILES string of the molecule is Cc1cccc(NC(=O)c2cn(C3CC3)c3cc(Cl)c(F)cc3c2=O)c1. The van der Waals surface area contributed by atoms with Crippen LogP contribution in [-0.4, -0.2) is 10.5 Å². The number of pyridine rings is 1. The molecule has 1 aliphatic rings. The molecule has 2 aromatic carbocycles. The summed E-state index contributed by atoms with van der Waals surface area (Å²) in [5.41, 5.74) is 1.64. The zero-order chi connectivity index (χ0) is 18.4. The first-order valence-electron chi connectivity index (χ1n) is 8.36. The van der Waals surface area contributed by atoms with E-state index in [9.17, 15) is 14.0 Å². The molecule has 1 aliphatic carbocycles. The van der Waals surface area contributed by atoms with Gasteiger partial charge in [0.1, 0.15) is 11.4 Å². The topological polar surface area (TPSA) is 51.1 Å². The normalized spacial score (nSPS) is 13.8. The molecule has 1 saturated carbocycles. The van der Waals surface area contributed by atoms with Crippen molar-refractivity contribution in [2.45, 2.75) is 25.8 Å². The van der Waals surface area contributed by atoms with E-state index in [0.29, 0.717) is 11.2 Å². The Morgan fingerprint density at radius 2 is 2.04 bits per heavy atom. The number of nitrogens with zero attached hydrogens (tertiary/aromatic N) is 1. The highest BCUT2D eigenvalue weighted by Crippen LogP contribution is 2.37. The maximum Gasteiger partial charge on any atom is 0.261 e. The van der Waals surface area contributed by atoms with Gasteiger partial charge in [-0.1, -0.05) is 23.7 Å². The summed E-state index contributed by atoms with van der Waals surface area (Å²) in [6.45, 7) is 1.91. The van der Waals surface area contributed by atoms with Gasteiger partial charge in [0.05, 0.1) is 10.5 Å². The Balaban J connectivity index is 1.84. The van der Waals surface area contributed by atoms with Gasteiger partial charge in [0.15, 0.2) is 0 Å². The Kier molecular flexibility index (Phi) is 4.04. The summed E-state index contributed by atoms with van der Waals surface area (Å²) in [6.07, 6.45) is 3.46. The quantitative estimate of drug-likeness (QED) is 0.727. The van der Waals surface area contributed by atoms with Gasteiger partial charge in [-0.2, -0.15) is 0 Å². The van der Waals surface area contributed by atoms with E-state index in [0.717, 1.165) is 24.5 Å². The fourth-order valence-corrected chi connectivity index (χ4v) is 3.24. The molecule has 1 heterocycles. The lowest BCUT2D eigenvalue weighted by molar-refractivity contribution is 0.102. The number of carbonyl (C=O) groups is 1. The molecular formula is C20H16ClFN2O2. The molecular weight excluding hydrogens is 355 g/mol. The van der Waals surface area contributed by atoms with Crippen LogP contribution < -0.4 is 10.7 Å². The predicted molar refractivity (Wildman–Crippen MR) is 101 cm³/mol. The van der Waals surface area contributed by atoms with Crippen molar-refractivity contribution < 1.29 is 9.18 Å². The minimum atomic E-state index is -0.671. The van der Waals surface area contributed by atoms with Gasteiger partial charge in [-0.3, -0.25) is 9.59 Å². The number of halogens is 2. The molecule has 1 aromatic heterocycles. The van der Waals surface area contributed by atoms with E-state index in [1.165, 1.54) is 6.07 Å². The zero-order valence-corrected chi connectivity index (χ0v) is 14.8. The van der Waals surface area contributed by atoms with E-state index in [1.807, 2.05) is 29.7 Å². The lowest BCUT2D eigenvalue weighted by atomic mass is 10.1. The van der Waals surface area contributed by atoms with E-state index in [1.54, 1.807) is 12.3 Å². The van der Waals surface area contributed by atoms with Gasteiger partial charge >= 0.3 is 0 Å². The number of aromatic nitrogens is 1. The molecule has 4 rings (SSSR count). The molecule has 4 nitrogen and oxygen atoms in total. The molecule has 0 unspecified atom stereocenters. The van der Waals surface area contributed by atoms with Crippen LogP contribution in [0.25, 0.3) is 10.9 Å². The second-order valence-electron chi connectivity index (χ2n) is 6.62. The largest absolute Gasteiger partial charge is 0.343 e. The summed E-state index contributed by atoms with van der Waals surface area (Å²) in [6, 6.07) is 10.1. The van der Waals surface area contributed by atoms with Gasteiger partial charge in [-0.15, -0.1) is 0 Å². The van der Waals surface area contributed by atoms with E-state index in [-0.39, 0.29) is 22.0 Å². The Morgan fingerprint density at radius 1 is 1.27 bits per heavy atom. The van der Waals surface area contributed by atoms with Crippen LogP contribution in [0, 0.1) is 12.7 Å². The van der Waals surface area contributed by atoms with Gasteiger partial charge in [0.2, 0.25) is 5.43 Å². The fourth-order valence-electron chi connectivity index (χ4n) is 3.08. The first-order valence-corrected chi connectivity index (χ1v) is 8.74. The molecule has 3 aromatic rings. The fraction of sp³-hybridized carbons (Fsp3) is 0.200. The zero-order valence-electron chi connectivity index (χ0n) is 14.1. The first kappa shape index (κ1) is 16.8. The Labute approximate surface area is 154 Å². The van der Waals surface area contributed by atoms with Crippen LogP contribution in [0.3, 0.4) is 0 Å². The molecule has 0 spiro atoms. The lowest BCUT2D eigenvalue weighted by Crippen LogP contribution is -2.24. The smallest absolute Gasteiger partial charge is 0.261 e. The first-order chi connectivity index (χ1) is 12.4. The van der Waals surface area contributed by atoms with Crippen LogP contribution in [0.5, 0.6) is 0 Å². The summed E-state index contributed by atoms with van der Waals surface area (Å²) in [7, 11) is 0. The molecule has 0 saturated heterocycles. The van der Waals surface area contributed by atoms with Crippen molar-refractivity contribution in [3.63, 3.8) is 0 Å². The number of benzene rings is 2. The van der Waals surface area contributed by atoms with Crippen molar-refractivity contribution in [1.29, 1.82) is 0 Å². The maximum absolute atomic E-state index is 13.9. The van der Waals surface area contributed by atoms with Gasteiger partial charge in [-0.05, 0) is 49.6 Å². The summed E-state index contributed by atoms with van der Waals surface area (Å²) >= 11 is 5.89. The summed E-state index contributed by atoms with van der Waals surface area (Å²) in [4.78, 5) is 25.5. The van der Waals surface area contributed by atoms with Crippen molar-refractivity contribution in [1.82, 2.24) is 4.57 Å². The highest BCUT2D eigenvalue weighted by molar-refractivity contribution is 6.31. The van der Waals surface area contributed by atoms with Crippen LogP contribution >= 0.6 is 11.6 Å². The number of aryl methyl sites for hydroxylation is 1. The van der Waals surface area contributed by atoms with Crippen molar-refractivity contribution >= 4 is 34.1 Å². The van der Waals surface area contributed by atoms with Gasteiger partial charge < -0.3 is 9.88 Å². The summed E-state index contributed by atoms with van der Waals surface area (Å²) < 4.78 is 15.8. The molecule has 0 aliphatic heterocycles. The van der Waals surface area contributed by atoms with E-state index < -0.39 is 17.2 Å². The second kappa shape index (κ2) is 6.25. The molecule has 0 radical (unpaired) electrons. The number of nitrogens with one attached hydrogen (secondary N) is 1. The lowest BCUT2D eigenvalue weighted by Gasteiger charge is -2.13. The number of carbonyl (C=O) groups excluding carboxylic acids is 1. The molecule has 0 atom stereocenters. The van der Waals surface area contributed by atoms with Crippen LogP contribution in [0.15, 0.2) is 47.4 Å². The monoisotopic (exact) mass is 370 g/mol. The van der Waals surface area contributed by atoms with E-state index in [4.69, 9.17) is 11.6 Å². The van der Waals surface area contributed by atoms with Gasteiger partial charge in [0, 0.05) is 23.3 Å². The average molecular weight is 371 g/mol. The number of hydrogen-bond donors (Lipinski definition) is 1. The molecule has 1 fully saturated rings. The standard InChI is InChI=1S/C20H16ClFN2O2/c1-11-3-2-4-12(7-11)23-20(26)15-10-24(13-5-6-13)18-9-16(21)17(22)8-14(18)19(15)25/h2-4,7-10,13H,5-6H2,1H3,(H,23,26). The second-order valence-corrected chi connectivity index (χ2v) is 7.02. The van der Waals surface area contributed by atoms with Gasteiger partial charge in [-0.25, -0.2) is 4.39 Å². The average Bonchev–Trinajstić information content (AvgIpc) is 3.42. The maximum atomic E-state index is 13.9. The third kappa shape index (κ3) is 2.99. The van der Waals surface area contributed by atoms with E-state index in [2.05, 4.69) is 5.32 Å².